The lowest BCUT2D eigenvalue weighted by Crippen LogP contribution is -2.28. The number of ether oxygens (including phenoxy) is 1. The van der Waals surface area contributed by atoms with Gasteiger partial charge >= 0.3 is 5.97 Å². The molecule has 0 aliphatic carbocycles. The minimum atomic E-state index is -1.38. The Hall–Kier alpha value is -4.82. The van der Waals surface area contributed by atoms with Gasteiger partial charge in [0.25, 0.3) is 5.56 Å². The van der Waals surface area contributed by atoms with Gasteiger partial charge in [-0.1, -0.05) is 54.6 Å². The second-order valence-electron chi connectivity index (χ2n) is 9.36. The number of carbonyl (C=O) groups excluding carboxylic acids is 1. The van der Waals surface area contributed by atoms with Crippen LogP contribution in [-0.4, -0.2) is 27.5 Å². The van der Waals surface area contributed by atoms with Crippen molar-refractivity contribution in [2.24, 2.45) is 5.73 Å². The van der Waals surface area contributed by atoms with Gasteiger partial charge in [0.15, 0.2) is 5.65 Å². The molecule has 5 rings (SSSR count). The van der Waals surface area contributed by atoms with E-state index in [9.17, 15) is 14.8 Å². The summed E-state index contributed by atoms with van der Waals surface area (Å²) in [4.78, 5) is 30.5. The van der Waals surface area contributed by atoms with Gasteiger partial charge in [-0.25, -0.2) is 14.2 Å². The Balaban J connectivity index is 1.78. The number of nitrogens with two attached hydrogens (primary N) is 1. The van der Waals surface area contributed by atoms with Crippen LogP contribution in [0.2, 0.25) is 0 Å². The monoisotopic (exact) mass is 537 g/mol. The van der Waals surface area contributed by atoms with Crippen molar-refractivity contribution < 1.29 is 19.1 Å². The van der Waals surface area contributed by atoms with Crippen molar-refractivity contribution in [2.75, 3.05) is 6.61 Å². The summed E-state index contributed by atoms with van der Waals surface area (Å²) in [7, 11) is 0. The van der Waals surface area contributed by atoms with Crippen LogP contribution >= 0.6 is 0 Å². The van der Waals surface area contributed by atoms with Gasteiger partial charge in [0, 0.05) is 30.1 Å². The fraction of sp³-hybridized carbons (Fsp3) is 0.156. The van der Waals surface area contributed by atoms with Crippen LogP contribution in [0.5, 0.6) is 0 Å². The van der Waals surface area contributed by atoms with E-state index in [4.69, 9.17) is 10.5 Å². The van der Waals surface area contributed by atoms with Crippen LogP contribution in [0.15, 0.2) is 95.9 Å². The number of hydrogen-bond acceptors (Lipinski definition) is 6. The maximum Gasteiger partial charge on any atom is 0.344 e. The molecule has 7 nitrogen and oxygen atoms in total. The topological polar surface area (TPSA) is 107 Å². The van der Waals surface area contributed by atoms with Crippen molar-refractivity contribution in [1.29, 1.82) is 0 Å². The van der Waals surface area contributed by atoms with Gasteiger partial charge in [-0.3, -0.25) is 4.79 Å². The van der Waals surface area contributed by atoms with Gasteiger partial charge in [0.2, 0.25) is 0 Å². The van der Waals surface area contributed by atoms with Crippen LogP contribution in [0.3, 0.4) is 0 Å². The molecule has 8 heteroatoms. The minimum Gasteiger partial charge on any atom is -0.462 e. The Labute approximate surface area is 230 Å². The van der Waals surface area contributed by atoms with E-state index in [0.29, 0.717) is 33.4 Å². The molecule has 2 aromatic heterocycles. The van der Waals surface area contributed by atoms with Crippen LogP contribution < -0.4 is 11.3 Å². The molecular formula is C32H28FN3O4. The largest absolute Gasteiger partial charge is 0.462 e. The third kappa shape index (κ3) is 5.21. The zero-order chi connectivity index (χ0) is 28.2. The molecule has 0 amide bonds. The predicted octanol–water partition coefficient (Wildman–Crippen LogP) is 5.86. The molecule has 0 saturated carbocycles. The molecule has 0 aliphatic heterocycles. The SMILES string of the molecule is CCOC(=O)c1c(-c2cc(-c3ccc(CN)cc3)cc(C(F)Cc3ccccc3)c2)c2cccnc2n(O)c1=O. The van der Waals surface area contributed by atoms with Gasteiger partial charge in [0.05, 0.1) is 6.61 Å². The molecule has 5 aromatic rings. The van der Waals surface area contributed by atoms with Gasteiger partial charge in [-0.05, 0) is 70.6 Å². The Kier molecular flexibility index (Phi) is 7.70. The first-order valence-corrected chi connectivity index (χ1v) is 12.9. The van der Waals surface area contributed by atoms with Gasteiger partial charge in [0.1, 0.15) is 11.7 Å². The number of rotatable bonds is 8. The molecule has 2 heterocycles. The summed E-state index contributed by atoms with van der Waals surface area (Å²) in [5, 5.41) is 10.9. The maximum absolute atomic E-state index is 15.9. The molecule has 0 radical (unpaired) electrons. The molecule has 202 valence electrons. The number of fused-ring (bicyclic) bond motifs is 1. The highest BCUT2D eigenvalue weighted by atomic mass is 19.1. The number of halogens is 1. The number of alkyl halides is 1. The summed E-state index contributed by atoms with van der Waals surface area (Å²) < 4.78 is 21.5. The molecule has 0 bridgehead atoms. The molecular weight excluding hydrogens is 509 g/mol. The molecule has 0 fully saturated rings. The smallest absolute Gasteiger partial charge is 0.344 e. The fourth-order valence-corrected chi connectivity index (χ4v) is 4.81. The lowest BCUT2D eigenvalue weighted by atomic mass is 9.90. The Morgan fingerprint density at radius 2 is 1.70 bits per heavy atom. The zero-order valence-electron chi connectivity index (χ0n) is 21.9. The Morgan fingerprint density at radius 3 is 2.40 bits per heavy atom. The summed E-state index contributed by atoms with van der Waals surface area (Å²) in [6, 6.07) is 25.4. The van der Waals surface area contributed by atoms with Crippen LogP contribution in [0.1, 0.15) is 40.1 Å². The average Bonchev–Trinajstić information content (AvgIpc) is 2.99. The summed E-state index contributed by atoms with van der Waals surface area (Å²) in [6.45, 7) is 2.03. The van der Waals surface area contributed by atoms with Crippen molar-refractivity contribution in [1.82, 2.24) is 9.71 Å². The van der Waals surface area contributed by atoms with Crippen molar-refractivity contribution >= 4 is 17.0 Å². The number of esters is 1. The average molecular weight is 538 g/mol. The number of hydrogen-bond donors (Lipinski definition) is 2. The molecule has 40 heavy (non-hydrogen) atoms. The quantitative estimate of drug-likeness (QED) is 0.190. The predicted molar refractivity (Wildman–Crippen MR) is 152 cm³/mol. The molecule has 3 aromatic carbocycles. The van der Waals surface area contributed by atoms with Crippen LogP contribution in [0.25, 0.3) is 33.3 Å². The van der Waals surface area contributed by atoms with Crippen molar-refractivity contribution in [2.45, 2.75) is 26.1 Å². The Bertz CT molecular complexity index is 1730. The van der Waals surface area contributed by atoms with Crippen molar-refractivity contribution in [3.8, 4) is 22.3 Å². The zero-order valence-corrected chi connectivity index (χ0v) is 21.9. The molecule has 1 atom stereocenters. The number of aromatic nitrogens is 2. The summed E-state index contributed by atoms with van der Waals surface area (Å²) >= 11 is 0. The van der Waals surface area contributed by atoms with Crippen LogP contribution in [0, 0.1) is 0 Å². The van der Waals surface area contributed by atoms with E-state index in [1.807, 2.05) is 54.6 Å². The van der Waals surface area contributed by atoms with Gasteiger partial charge in [-0.2, -0.15) is 0 Å². The highest BCUT2D eigenvalue weighted by molar-refractivity contribution is 6.06. The minimum absolute atomic E-state index is 0.0244. The number of nitrogens with zero attached hydrogens (tertiary/aromatic N) is 2. The van der Waals surface area contributed by atoms with E-state index in [2.05, 4.69) is 4.98 Å². The van der Waals surface area contributed by atoms with Gasteiger partial charge in [-0.15, -0.1) is 4.73 Å². The first kappa shape index (κ1) is 26.8. The summed E-state index contributed by atoms with van der Waals surface area (Å²) in [6.07, 6.45) is 0.194. The highest BCUT2D eigenvalue weighted by Crippen LogP contribution is 2.37. The normalized spacial score (nSPS) is 11.9. The lowest BCUT2D eigenvalue weighted by molar-refractivity contribution is 0.0520. The standard InChI is InChI=1S/C32H28FN3O4/c1-2-40-32(38)29-28(26-9-6-14-35-30(26)36(39)31(29)37)25-17-23(22-12-10-21(19-34)11-13-22)16-24(18-25)27(33)15-20-7-4-3-5-8-20/h3-14,16-18,27,39H,2,15,19,34H2,1H3. The first-order valence-electron chi connectivity index (χ1n) is 12.9. The first-order chi connectivity index (χ1) is 19.4. The van der Waals surface area contributed by atoms with E-state index in [1.54, 1.807) is 37.3 Å². The van der Waals surface area contributed by atoms with Crippen LogP contribution in [-0.2, 0) is 17.7 Å². The molecule has 3 N–H and O–H groups in total. The van der Waals surface area contributed by atoms with Crippen molar-refractivity contribution in [3.63, 3.8) is 0 Å². The number of pyridine rings is 2. The second-order valence-corrected chi connectivity index (χ2v) is 9.36. The van der Waals surface area contributed by atoms with E-state index in [1.165, 1.54) is 6.20 Å². The van der Waals surface area contributed by atoms with E-state index < -0.39 is 17.7 Å². The molecule has 0 aliphatic rings. The summed E-state index contributed by atoms with van der Waals surface area (Å²) in [5.41, 5.74) is 8.69. The van der Waals surface area contributed by atoms with Crippen LogP contribution in [0.4, 0.5) is 4.39 Å². The highest BCUT2D eigenvalue weighted by Gasteiger charge is 2.26. The molecule has 0 saturated heterocycles. The van der Waals surface area contributed by atoms with Gasteiger partial charge < -0.3 is 15.7 Å². The van der Waals surface area contributed by atoms with Crippen molar-refractivity contribution in [3.05, 3.63) is 124 Å². The lowest BCUT2D eigenvalue weighted by Gasteiger charge is -2.17. The summed E-state index contributed by atoms with van der Waals surface area (Å²) in [5.74, 6) is -0.892. The number of benzene rings is 3. The fourth-order valence-electron chi connectivity index (χ4n) is 4.81. The third-order valence-corrected chi connectivity index (χ3v) is 6.78. The molecule has 0 spiro atoms. The third-order valence-electron chi connectivity index (χ3n) is 6.78. The number of carbonyl (C=O) groups is 1. The molecule has 1 unspecified atom stereocenters. The van der Waals surface area contributed by atoms with E-state index >= 15 is 4.39 Å². The van der Waals surface area contributed by atoms with E-state index in [-0.39, 0.29) is 29.8 Å². The Morgan fingerprint density at radius 1 is 0.975 bits per heavy atom. The maximum atomic E-state index is 15.9. The van der Waals surface area contributed by atoms with E-state index in [0.717, 1.165) is 16.7 Å². The second kappa shape index (κ2) is 11.5.